The van der Waals surface area contributed by atoms with Gasteiger partial charge in [0.1, 0.15) is 12.4 Å². The topological polar surface area (TPSA) is 96.5 Å². The third kappa shape index (κ3) is 5.07. The molecule has 0 aliphatic carbocycles. The Balaban J connectivity index is 1.65. The highest BCUT2D eigenvalue weighted by atomic mass is 16.6. The van der Waals surface area contributed by atoms with E-state index < -0.39 is 11.0 Å². The van der Waals surface area contributed by atoms with Crippen LogP contribution in [0.3, 0.4) is 0 Å². The molecular formula is C13H23N5O3. The first-order chi connectivity index (χ1) is 10.0. The van der Waals surface area contributed by atoms with Crippen LogP contribution in [-0.4, -0.2) is 64.0 Å². The number of rotatable bonds is 7. The van der Waals surface area contributed by atoms with Crippen LogP contribution in [0.2, 0.25) is 0 Å². The Kier molecular flexibility index (Phi) is 5.66. The summed E-state index contributed by atoms with van der Waals surface area (Å²) < 4.78 is 1.40. The summed E-state index contributed by atoms with van der Waals surface area (Å²) in [5.74, 6) is 0.666. The fourth-order valence-corrected chi connectivity index (χ4v) is 2.55. The number of hydrogen-bond donors (Lipinski definition) is 2. The summed E-state index contributed by atoms with van der Waals surface area (Å²) in [5.41, 5.74) is -0.0542. The molecule has 1 unspecified atom stereocenters. The number of nitro groups is 1. The van der Waals surface area contributed by atoms with Crippen LogP contribution in [0.25, 0.3) is 0 Å². The number of aromatic nitrogens is 2. The zero-order valence-corrected chi connectivity index (χ0v) is 12.3. The van der Waals surface area contributed by atoms with Gasteiger partial charge in [0.05, 0.1) is 17.6 Å². The van der Waals surface area contributed by atoms with E-state index in [4.69, 9.17) is 0 Å². The first-order valence-electron chi connectivity index (χ1n) is 7.28. The van der Waals surface area contributed by atoms with Crippen molar-refractivity contribution in [3.63, 3.8) is 0 Å². The lowest BCUT2D eigenvalue weighted by Gasteiger charge is -2.29. The highest BCUT2D eigenvalue weighted by molar-refractivity contribution is 5.20. The van der Waals surface area contributed by atoms with Gasteiger partial charge in [-0.15, -0.1) is 0 Å². The fraction of sp³-hybridized carbons (Fsp3) is 0.769. The molecule has 8 nitrogen and oxygen atoms in total. The second kappa shape index (κ2) is 7.48. The summed E-state index contributed by atoms with van der Waals surface area (Å²) in [6.07, 6.45) is 4.30. The summed E-state index contributed by atoms with van der Waals surface area (Å²) >= 11 is 0. The molecule has 0 aromatic carbocycles. The van der Waals surface area contributed by atoms with Gasteiger partial charge in [-0.3, -0.25) is 14.8 Å². The van der Waals surface area contributed by atoms with Crippen molar-refractivity contribution in [2.24, 2.45) is 5.92 Å². The van der Waals surface area contributed by atoms with Crippen molar-refractivity contribution in [2.75, 3.05) is 33.2 Å². The number of hydrogen-bond acceptors (Lipinski definition) is 6. The lowest BCUT2D eigenvalue weighted by molar-refractivity contribution is -0.385. The molecule has 1 saturated heterocycles. The van der Waals surface area contributed by atoms with Crippen LogP contribution in [0.1, 0.15) is 12.8 Å². The van der Waals surface area contributed by atoms with E-state index in [1.54, 1.807) is 0 Å². The number of nitrogens with one attached hydrogen (secondary N) is 1. The van der Waals surface area contributed by atoms with Gasteiger partial charge in [-0.25, -0.2) is 0 Å². The quantitative estimate of drug-likeness (QED) is 0.547. The van der Waals surface area contributed by atoms with Gasteiger partial charge >= 0.3 is 5.69 Å². The number of piperidine rings is 1. The maximum Gasteiger partial charge on any atom is 0.306 e. The minimum Gasteiger partial charge on any atom is -0.390 e. The summed E-state index contributed by atoms with van der Waals surface area (Å²) in [6.45, 7) is 3.90. The molecule has 8 heteroatoms. The van der Waals surface area contributed by atoms with Crippen molar-refractivity contribution in [3.8, 4) is 0 Å². The number of aliphatic hydroxyl groups excluding tert-OH is 1. The molecule has 0 bridgehead atoms. The SMILES string of the molecule is CN1CCC(CNCC(O)Cn2cc([N+](=O)[O-])cn2)CC1. The Morgan fingerprint density at radius 3 is 2.90 bits per heavy atom. The molecule has 0 spiro atoms. The van der Waals surface area contributed by atoms with E-state index in [0.29, 0.717) is 12.5 Å². The van der Waals surface area contributed by atoms with Gasteiger partial charge in [0.2, 0.25) is 0 Å². The van der Waals surface area contributed by atoms with Gasteiger partial charge in [-0.1, -0.05) is 0 Å². The molecule has 0 radical (unpaired) electrons. The van der Waals surface area contributed by atoms with Crippen LogP contribution >= 0.6 is 0 Å². The normalized spacial score (nSPS) is 18.8. The minimum absolute atomic E-state index is 0.0542. The van der Waals surface area contributed by atoms with E-state index in [1.807, 2.05) is 0 Å². The van der Waals surface area contributed by atoms with Crippen LogP contribution in [0.5, 0.6) is 0 Å². The van der Waals surface area contributed by atoms with Crippen LogP contribution < -0.4 is 5.32 Å². The van der Waals surface area contributed by atoms with Crippen LogP contribution in [0.15, 0.2) is 12.4 Å². The van der Waals surface area contributed by atoms with E-state index in [1.165, 1.54) is 29.9 Å². The van der Waals surface area contributed by atoms with Crippen molar-refractivity contribution < 1.29 is 10.0 Å². The number of nitrogens with zero attached hydrogens (tertiary/aromatic N) is 4. The van der Waals surface area contributed by atoms with Gasteiger partial charge in [0.15, 0.2) is 0 Å². The standard InChI is InChI=1S/C13H23N5O3/c1-16-4-2-11(3-5-16)6-14-8-13(19)10-17-9-12(7-15-17)18(20)21/h7,9,11,13-14,19H,2-6,8,10H2,1H3. The van der Waals surface area contributed by atoms with Gasteiger partial charge < -0.3 is 15.3 Å². The molecule has 1 aromatic rings. The predicted molar refractivity (Wildman–Crippen MR) is 78.0 cm³/mol. The van der Waals surface area contributed by atoms with Gasteiger partial charge in [0, 0.05) is 6.54 Å². The zero-order chi connectivity index (χ0) is 15.2. The lowest BCUT2D eigenvalue weighted by atomic mass is 9.97. The minimum atomic E-state index is -0.601. The molecule has 21 heavy (non-hydrogen) atoms. The maximum atomic E-state index is 10.5. The molecule has 118 valence electrons. The van der Waals surface area contributed by atoms with Crippen molar-refractivity contribution in [1.29, 1.82) is 0 Å². The molecule has 1 aromatic heterocycles. The highest BCUT2D eigenvalue weighted by Gasteiger charge is 2.17. The Bertz CT molecular complexity index is 456. The second-order valence-corrected chi connectivity index (χ2v) is 5.74. The molecule has 2 heterocycles. The average Bonchev–Trinajstić information content (AvgIpc) is 2.90. The molecule has 0 amide bonds. The summed E-state index contributed by atoms with van der Waals surface area (Å²) in [6, 6.07) is 0. The monoisotopic (exact) mass is 297 g/mol. The molecule has 1 fully saturated rings. The molecule has 1 atom stereocenters. The summed E-state index contributed by atoms with van der Waals surface area (Å²) in [5, 5.41) is 27.6. The Morgan fingerprint density at radius 1 is 1.57 bits per heavy atom. The first-order valence-corrected chi connectivity index (χ1v) is 7.28. The fourth-order valence-electron chi connectivity index (χ4n) is 2.55. The molecule has 1 aliphatic heterocycles. The van der Waals surface area contributed by atoms with Crippen molar-refractivity contribution in [1.82, 2.24) is 20.0 Å². The van der Waals surface area contributed by atoms with Gasteiger partial charge in [-0.2, -0.15) is 5.10 Å². The lowest BCUT2D eigenvalue weighted by Crippen LogP contribution is -2.38. The van der Waals surface area contributed by atoms with E-state index >= 15 is 0 Å². The second-order valence-electron chi connectivity index (χ2n) is 5.74. The maximum absolute atomic E-state index is 10.5. The van der Waals surface area contributed by atoms with Crippen molar-refractivity contribution in [2.45, 2.75) is 25.5 Å². The summed E-state index contributed by atoms with van der Waals surface area (Å²) in [7, 11) is 2.14. The third-order valence-electron chi connectivity index (χ3n) is 3.88. The predicted octanol–water partition coefficient (Wildman–Crippen LogP) is 0.0836. The molecule has 0 saturated carbocycles. The van der Waals surface area contributed by atoms with E-state index in [-0.39, 0.29) is 12.2 Å². The highest BCUT2D eigenvalue weighted by Crippen LogP contribution is 2.14. The van der Waals surface area contributed by atoms with Crippen LogP contribution in [0, 0.1) is 16.0 Å². The zero-order valence-electron chi connectivity index (χ0n) is 12.3. The van der Waals surface area contributed by atoms with Crippen molar-refractivity contribution >= 4 is 5.69 Å². The van der Waals surface area contributed by atoms with Crippen LogP contribution in [0.4, 0.5) is 5.69 Å². The Labute approximate surface area is 123 Å². The largest absolute Gasteiger partial charge is 0.390 e. The van der Waals surface area contributed by atoms with Gasteiger partial charge in [0.25, 0.3) is 0 Å². The number of aliphatic hydroxyl groups is 1. The molecule has 1 aliphatic rings. The Morgan fingerprint density at radius 2 is 2.29 bits per heavy atom. The molecule has 2 N–H and O–H groups in total. The molecular weight excluding hydrogens is 274 g/mol. The first kappa shape index (κ1) is 15.9. The van der Waals surface area contributed by atoms with Crippen molar-refractivity contribution in [3.05, 3.63) is 22.5 Å². The van der Waals surface area contributed by atoms with E-state index in [0.717, 1.165) is 19.6 Å². The Hall–Kier alpha value is -1.51. The van der Waals surface area contributed by atoms with Gasteiger partial charge in [-0.05, 0) is 45.4 Å². The molecule has 2 rings (SSSR count). The smallest absolute Gasteiger partial charge is 0.306 e. The number of likely N-dealkylation sites (tertiary alicyclic amines) is 1. The average molecular weight is 297 g/mol. The summed E-state index contributed by atoms with van der Waals surface area (Å²) in [4.78, 5) is 12.4. The van der Waals surface area contributed by atoms with E-state index in [9.17, 15) is 15.2 Å². The van der Waals surface area contributed by atoms with Crippen LogP contribution in [-0.2, 0) is 6.54 Å². The van der Waals surface area contributed by atoms with E-state index in [2.05, 4.69) is 22.4 Å². The third-order valence-corrected chi connectivity index (χ3v) is 3.88.